The number of fused-ring (bicyclic) bond motifs is 1. The van der Waals surface area contributed by atoms with Crippen molar-refractivity contribution >= 4 is 17.3 Å². The second-order valence-electron chi connectivity index (χ2n) is 4.67. The summed E-state index contributed by atoms with van der Waals surface area (Å²) in [6.07, 6.45) is -0.278. The summed E-state index contributed by atoms with van der Waals surface area (Å²) >= 11 is 0. The molecule has 0 unspecified atom stereocenters. The third-order valence-corrected chi connectivity index (χ3v) is 3.05. The summed E-state index contributed by atoms with van der Waals surface area (Å²) in [7, 11) is 0. The molecule has 0 aliphatic carbocycles. The summed E-state index contributed by atoms with van der Waals surface area (Å²) in [6, 6.07) is 5.74. The summed E-state index contributed by atoms with van der Waals surface area (Å²) < 4.78 is 28.3. The Morgan fingerprint density at radius 2 is 2.30 bits per heavy atom. The minimum Gasteiger partial charge on any atom is -0.385 e. The van der Waals surface area contributed by atoms with Gasteiger partial charge in [0.2, 0.25) is 5.91 Å². The summed E-state index contributed by atoms with van der Waals surface area (Å²) in [6.45, 7) is 0.307. The molecule has 1 amide bonds. The zero-order valence-electron chi connectivity index (χ0n) is 11.1. The van der Waals surface area contributed by atoms with Crippen LogP contribution in [0.4, 0.5) is 20.2 Å². The lowest BCUT2D eigenvalue weighted by Crippen LogP contribution is -2.16. The highest BCUT2D eigenvalue weighted by atomic mass is 19.3. The van der Waals surface area contributed by atoms with Gasteiger partial charge in [-0.3, -0.25) is 4.79 Å². The Labute approximate surface area is 116 Å². The molecule has 0 saturated heterocycles. The van der Waals surface area contributed by atoms with Crippen LogP contribution < -0.4 is 10.6 Å². The van der Waals surface area contributed by atoms with Crippen molar-refractivity contribution < 1.29 is 18.3 Å². The van der Waals surface area contributed by atoms with E-state index in [2.05, 4.69) is 15.4 Å². The first-order chi connectivity index (χ1) is 9.65. The Bertz CT molecular complexity index is 466. The van der Waals surface area contributed by atoms with Crippen LogP contribution in [0.3, 0.4) is 0 Å². The van der Waals surface area contributed by atoms with Gasteiger partial charge in [0.05, 0.1) is 13.0 Å². The number of hydrogen-bond acceptors (Lipinski definition) is 3. The Morgan fingerprint density at radius 1 is 1.45 bits per heavy atom. The molecule has 1 aliphatic rings. The number of carbonyl (C=O) groups is 1. The van der Waals surface area contributed by atoms with E-state index >= 15 is 0 Å². The number of ether oxygens (including phenoxy) is 1. The van der Waals surface area contributed by atoms with Gasteiger partial charge in [-0.15, -0.1) is 0 Å². The van der Waals surface area contributed by atoms with Crippen molar-refractivity contribution in [1.29, 1.82) is 0 Å². The van der Waals surface area contributed by atoms with Crippen LogP contribution in [0.5, 0.6) is 0 Å². The zero-order chi connectivity index (χ0) is 14.4. The van der Waals surface area contributed by atoms with E-state index in [4.69, 9.17) is 0 Å². The van der Waals surface area contributed by atoms with Crippen molar-refractivity contribution in [2.24, 2.45) is 0 Å². The van der Waals surface area contributed by atoms with Gasteiger partial charge in [0, 0.05) is 17.9 Å². The lowest BCUT2D eigenvalue weighted by Gasteiger charge is -2.18. The van der Waals surface area contributed by atoms with Crippen molar-refractivity contribution in [2.75, 3.05) is 30.4 Å². The number of nitrogens with one attached hydrogen (secondary N) is 2. The van der Waals surface area contributed by atoms with Crippen LogP contribution in [-0.4, -0.2) is 32.1 Å². The molecule has 1 aromatic rings. The summed E-state index contributed by atoms with van der Waals surface area (Å²) in [5.74, 6) is -0.241. The first kappa shape index (κ1) is 14.7. The normalized spacial score (nSPS) is 13.8. The molecule has 6 heteroatoms. The van der Waals surface area contributed by atoms with Gasteiger partial charge in [-0.1, -0.05) is 6.07 Å². The van der Waals surface area contributed by atoms with Crippen LogP contribution in [-0.2, 0) is 16.0 Å². The maximum atomic E-state index is 11.8. The number of alkyl halides is 2. The highest BCUT2D eigenvalue weighted by Crippen LogP contribution is 2.25. The van der Waals surface area contributed by atoms with E-state index in [1.807, 2.05) is 18.2 Å². The van der Waals surface area contributed by atoms with Crippen LogP contribution in [0, 0.1) is 0 Å². The molecule has 2 N–H and O–H groups in total. The number of hydrogen-bond donors (Lipinski definition) is 2. The molecule has 1 heterocycles. The maximum absolute atomic E-state index is 11.8. The molecule has 2 rings (SSSR count). The molecule has 0 spiro atoms. The molecule has 0 saturated carbocycles. The number of benzene rings is 1. The highest BCUT2D eigenvalue weighted by molar-refractivity contribution is 5.91. The fraction of sp³-hybridized carbons (Fsp3) is 0.500. The number of anilines is 2. The summed E-state index contributed by atoms with van der Waals surface area (Å²) in [5, 5.41) is 6.02. The molecule has 0 radical (unpaired) electrons. The topological polar surface area (TPSA) is 50.4 Å². The van der Waals surface area contributed by atoms with Crippen molar-refractivity contribution in [3.63, 3.8) is 0 Å². The second-order valence-corrected chi connectivity index (χ2v) is 4.67. The minimum atomic E-state index is -2.50. The molecule has 20 heavy (non-hydrogen) atoms. The zero-order valence-corrected chi connectivity index (χ0v) is 11.1. The number of aryl methyl sites for hydroxylation is 1. The van der Waals surface area contributed by atoms with Crippen LogP contribution in [0.15, 0.2) is 18.2 Å². The number of amides is 1. The third kappa shape index (κ3) is 4.45. The highest BCUT2D eigenvalue weighted by Gasteiger charge is 2.10. The maximum Gasteiger partial charge on any atom is 0.261 e. The van der Waals surface area contributed by atoms with Gasteiger partial charge >= 0.3 is 0 Å². The van der Waals surface area contributed by atoms with Gasteiger partial charge in [-0.25, -0.2) is 8.78 Å². The standard InChI is InChI=1S/C14H18F2N2O2/c15-13(16)9-20-7-5-14(19)18-11-4-3-10-2-1-6-17-12(10)8-11/h3-4,8,13,17H,1-2,5-7,9H2,(H,18,19). The molecule has 1 aromatic carbocycles. The van der Waals surface area contributed by atoms with Crippen molar-refractivity contribution in [2.45, 2.75) is 25.7 Å². The molecule has 4 nitrogen and oxygen atoms in total. The smallest absolute Gasteiger partial charge is 0.261 e. The predicted molar refractivity (Wildman–Crippen MR) is 73.3 cm³/mol. The van der Waals surface area contributed by atoms with Gasteiger partial charge in [0.15, 0.2) is 0 Å². The first-order valence-corrected chi connectivity index (χ1v) is 6.67. The van der Waals surface area contributed by atoms with E-state index in [9.17, 15) is 13.6 Å². The molecule has 1 aliphatic heterocycles. The van der Waals surface area contributed by atoms with Crippen molar-refractivity contribution in [3.05, 3.63) is 23.8 Å². The average molecular weight is 284 g/mol. The molecule has 0 atom stereocenters. The van der Waals surface area contributed by atoms with E-state index in [-0.39, 0.29) is 18.9 Å². The quantitative estimate of drug-likeness (QED) is 0.790. The Hall–Kier alpha value is -1.69. The largest absolute Gasteiger partial charge is 0.385 e. The van der Waals surface area contributed by atoms with Gasteiger partial charge < -0.3 is 15.4 Å². The lowest BCUT2D eigenvalue weighted by atomic mass is 10.0. The summed E-state index contributed by atoms with van der Waals surface area (Å²) in [4.78, 5) is 11.6. The second kappa shape index (κ2) is 7.19. The van der Waals surface area contributed by atoms with Crippen molar-refractivity contribution in [1.82, 2.24) is 0 Å². The predicted octanol–water partition coefficient (Wildman–Crippen LogP) is 2.66. The molecular formula is C14H18F2N2O2. The molecule has 0 aromatic heterocycles. The number of rotatable bonds is 6. The van der Waals surface area contributed by atoms with Gasteiger partial charge in [0.25, 0.3) is 6.43 Å². The fourth-order valence-electron chi connectivity index (χ4n) is 2.10. The molecule has 110 valence electrons. The Morgan fingerprint density at radius 3 is 3.10 bits per heavy atom. The average Bonchev–Trinajstić information content (AvgIpc) is 2.43. The molecular weight excluding hydrogens is 266 g/mol. The van der Waals surface area contributed by atoms with Crippen LogP contribution in [0.1, 0.15) is 18.4 Å². The van der Waals surface area contributed by atoms with E-state index in [1.165, 1.54) is 5.56 Å². The Balaban J connectivity index is 1.79. The minimum absolute atomic E-state index is 0.000631. The molecule has 0 fully saturated rings. The Kier molecular flexibility index (Phi) is 5.29. The molecule has 0 bridgehead atoms. The van der Waals surface area contributed by atoms with E-state index in [0.717, 1.165) is 25.1 Å². The number of carbonyl (C=O) groups excluding carboxylic acids is 1. The SMILES string of the molecule is O=C(CCOCC(F)F)Nc1ccc2c(c1)NCCC2. The summed E-state index contributed by atoms with van der Waals surface area (Å²) in [5.41, 5.74) is 2.99. The first-order valence-electron chi connectivity index (χ1n) is 6.67. The van der Waals surface area contributed by atoms with Crippen LogP contribution in [0.25, 0.3) is 0 Å². The number of halogens is 2. The van der Waals surface area contributed by atoms with E-state index < -0.39 is 13.0 Å². The van der Waals surface area contributed by atoms with Gasteiger partial charge in [-0.2, -0.15) is 0 Å². The van der Waals surface area contributed by atoms with Crippen LogP contribution in [0.2, 0.25) is 0 Å². The lowest BCUT2D eigenvalue weighted by molar-refractivity contribution is -0.117. The van der Waals surface area contributed by atoms with Crippen LogP contribution >= 0.6 is 0 Å². The third-order valence-electron chi connectivity index (χ3n) is 3.05. The van der Waals surface area contributed by atoms with E-state index in [1.54, 1.807) is 0 Å². The van der Waals surface area contributed by atoms with Gasteiger partial charge in [-0.05, 0) is 30.5 Å². The monoisotopic (exact) mass is 284 g/mol. The van der Waals surface area contributed by atoms with Gasteiger partial charge in [0.1, 0.15) is 6.61 Å². The van der Waals surface area contributed by atoms with Crippen molar-refractivity contribution in [3.8, 4) is 0 Å². The van der Waals surface area contributed by atoms with E-state index in [0.29, 0.717) is 5.69 Å². The fourth-order valence-corrected chi connectivity index (χ4v) is 2.10.